The minimum Gasteiger partial charge on any atom is -0.308 e. The highest BCUT2D eigenvalue weighted by atomic mass is 79.9. The van der Waals surface area contributed by atoms with E-state index in [-0.39, 0.29) is 12.3 Å². The van der Waals surface area contributed by atoms with Gasteiger partial charge in [-0.3, -0.25) is 14.2 Å². The van der Waals surface area contributed by atoms with Gasteiger partial charge in [0.2, 0.25) is 5.91 Å². The lowest BCUT2D eigenvalue weighted by molar-refractivity contribution is -0.116. The Morgan fingerprint density at radius 1 is 1.27 bits per heavy atom. The molecule has 0 aliphatic rings. The average Bonchev–Trinajstić information content (AvgIpc) is 3.11. The number of halogens is 3. The van der Waals surface area contributed by atoms with E-state index in [9.17, 15) is 4.79 Å². The summed E-state index contributed by atoms with van der Waals surface area (Å²) in [6, 6.07) is 7.47. The summed E-state index contributed by atoms with van der Waals surface area (Å²) < 4.78 is 4.36. The number of hydrogen-bond donors (Lipinski definition) is 1. The SMILES string of the molecule is Cc1c(Br)cnn1CCC(=O)Nc1nn(Cc2ccc(Cl)cc2)cc1Cl. The molecule has 0 aliphatic carbocycles. The predicted molar refractivity (Wildman–Crippen MR) is 106 cm³/mol. The molecule has 0 fully saturated rings. The average molecular weight is 457 g/mol. The van der Waals surface area contributed by atoms with Crippen LogP contribution in [0.2, 0.25) is 10.0 Å². The first-order chi connectivity index (χ1) is 12.4. The zero-order chi connectivity index (χ0) is 18.7. The third-order valence-electron chi connectivity index (χ3n) is 3.83. The Kier molecular flexibility index (Phi) is 6.01. The first-order valence-electron chi connectivity index (χ1n) is 7.87. The second-order valence-electron chi connectivity index (χ2n) is 5.75. The molecule has 9 heteroatoms. The summed E-state index contributed by atoms with van der Waals surface area (Å²) in [5.74, 6) is 0.179. The molecule has 1 aromatic carbocycles. The number of aromatic nitrogens is 4. The molecule has 0 unspecified atom stereocenters. The van der Waals surface area contributed by atoms with Crippen LogP contribution < -0.4 is 5.32 Å². The maximum atomic E-state index is 12.2. The largest absolute Gasteiger partial charge is 0.308 e. The number of rotatable bonds is 6. The van der Waals surface area contributed by atoms with Gasteiger partial charge in [-0.05, 0) is 40.5 Å². The molecule has 0 saturated heterocycles. The molecule has 1 N–H and O–H groups in total. The predicted octanol–water partition coefficient (Wildman–Crippen LogP) is 4.53. The van der Waals surface area contributed by atoms with Crippen LogP contribution in [0.5, 0.6) is 0 Å². The molecule has 136 valence electrons. The molecule has 2 heterocycles. The maximum Gasteiger partial charge on any atom is 0.227 e. The molecule has 0 saturated carbocycles. The normalized spacial score (nSPS) is 10.9. The molecule has 0 aliphatic heterocycles. The summed E-state index contributed by atoms with van der Waals surface area (Å²) in [5, 5.41) is 12.4. The number of carbonyl (C=O) groups is 1. The standard InChI is InChI=1S/C17H16BrCl2N5O/c1-11-14(18)8-21-25(11)7-6-16(26)22-17-15(20)10-24(23-17)9-12-2-4-13(19)5-3-12/h2-5,8,10H,6-7,9H2,1H3,(H,22,23,26). The lowest BCUT2D eigenvalue weighted by atomic mass is 10.2. The maximum absolute atomic E-state index is 12.2. The van der Waals surface area contributed by atoms with Crippen LogP contribution in [0.1, 0.15) is 17.7 Å². The number of hydrogen-bond acceptors (Lipinski definition) is 3. The van der Waals surface area contributed by atoms with Crippen molar-refractivity contribution in [3.05, 3.63) is 62.4 Å². The number of carbonyl (C=O) groups excluding carboxylic acids is 1. The molecule has 0 spiro atoms. The summed E-state index contributed by atoms with van der Waals surface area (Å²) in [7, 11) is 0. The fourth-order valence-electron chi connectivity index (χ4n) is 2.39. The Bertz CT molecular complexity index is 920. The number of nitrogens with one attached hydrogen (secondary N) is 1. The molecule has 3 rings (SSSR count). The van der Waals surface area contributed by atoms with Crippen molar-refractivity contribution in [2.75, 3.05) is 5.32 Å². The van der Waals surface area contributed by atoms with Gasteiger partial charge in [0.25, 0.3) is 0 Å². The van der Waals surface area contributed by atoms with Crippen LogP contribution in [-0.2, 0) is 17.9 Å². The van der Waals surface area contributed by atoms with Crippen molar-refractivity contribution in [2.24, 2.45) is 0 Å². The topological polar surface area (TPSA) is 64.7 Å². The third kappa shape index (κ3) is 4.66. The van der Waals surface area contributed by atoms with E-state index in [0.717, 1.165) is 15.7 Å². The number of nitrogens with zero attached hydrogens (tertiary/aromatic N) is 4. The van der Waals surface area contributed by atoms with Gasteiger partial charge in [-0.25, -0.2) is 0 Å². The molecule has 0 radical (unpaired) electrons. The van der Waals surface area contributed by atoms with Crippen molar-refractivity contribution < 1.29 is 4.79 Å². The first kappa shape index (κ1) is 18.9. The highest BCUT2D eigenvalue weighted by Crippen LogP contribution is 2.21. The zero-order valence-electron chi connectivity index (χ0n) is 13.9. The van der Waals surface area contributed by atoms with Crippen molar-refractivity contribution in [3.8, 4) is 0 Å². The van der Waals surface area contributed by atoms with E-state index in [1.165, 1.54) is 0 Å². The van der Waals surface area contributed by atoms with Gasteiger partial charge < -0.3 is 5.32 Å². The molecule has 26 heavy (non-hydrogen) atoms. The van der Waals surface area contributed by atoms with Crippen molar-refractivity contribution in [1.82, 2.24) is 19.6 Å². The summed E-state index contributed by atoms with van der Waals surface area (Å²) in [4.78, 5) is 12.2. The molecular weight excluding hydrogens is 441 g/mol. The highest BCUT2D eigenvalue weighted by molar-refractivity contribution is 9.10. The molecule has 2 aromatic heterocycles. The molecule has 1 amide bonds. The smallest absolute Gasteiger partial charge is 0.227 e. The van der Waals surface area contributed by atoms with Crippen molar-refractivity contribution in [3.63, 3.8) is 0 Å². The van der Waals surface area contributed by atoms with Gasteiger partial charge in [-0.15, -0.1) is 0 Å². The lowest BCUT2D eigenvalue weighted by Gasteiger charge is -2.05. The van der Waals surface area contributed by atoms with Crippen LogP contribution in [0.4, 0.5) is 5.82 Å². The molecule has 0 atom stereocenters. The van der Waals surface area contributed by atoms with Gasteiger partial charge in [-0.2, -0.15) is 10.2 Å². The Morgan fingerprint density at radius 2 is 2.00 bits per heavy atom. The summed E-state index contributed by atoms with van der Waals surface area (Å²) >= 11 is 15.5. The molecule has 0 bridgehead atoms. The fourth-order valence-corrected chi connectivity index (χ4v) is 3.01. The number of anilines is 1. The summed E-state index contributed by atoms with van der Waals surface area (Å²) in [6.07, 6.45) is 3.67. The van der Waals surface area contributed by atoms with E-state index in [2.05, 4.69) is 31.4 Å². The van der Waals surface area contributed by atoms with Crippen LogP contribution in [0.25, 0.3) is 0 Å². The highest BCUT2D eigenvalue weighted by Gasteiger charge is 2.12. The Hall–Kier alpha value is -1.83. The second-order valence-corrected chi connectivity index (χ2v) is 7.45. The van der Waals surface area contributed by atoms with Gasteiger partial charge in [0.15, 0.2) is 5.82 Å². The van der Waals surface area contributed by atoms with Crippen molar-refractivity contribution >= 4 is 50.9 Å². The van der Waals surface area contributed by atoms with Crippen LogP contribution in [0.15, 0.2) is 41.1 Å². The van der Waals surface area contributed by atoms with E-state index in [0.29, 0.717) is 29.0 Å². The van der Waals surface area contributed by atoms with Gasteiger partial charge in [0, 0.05) is 23.3 Å². The minimum atomic E-state index is -0.172. The van der Waals surface area contributed by atoms with Gasteiger partial charge >= 0.3 is 0 Å². The molecule has 3 aromatic rings. The Morgan fingerprint density at radius 3 is 2.65 bits per heavy atom. The lowest BCUT2D eigenvalue weighted by Crippen LogP contribution is -2.16. The fraction of sp³-hybridized carbons (Fsp3) is 0.235. The monoisotopic (exact) mass is 455 g/mol. The van der Waals surface area contributed by atoms with E-state index >= 15 is 0 Å². The van der Waals surface area contributed by atoms with Crippen LogP contribution in [-0.4, -0.2) is 25.5 Å². The van der Waals surface area contributed by atoms with E-state index < -0.39 is 0 Å². The number of aryl methyl sites for hydroxylation is 1. The Labute approximate surface area is 169 Å². The first-order valence-corrected chi connectivity index (χ1v) is 9.42. The second kappa shape index (κ2) is 8.24. The van der Waals surface area contributed by atoms with E-state index in [1.54, 1.807) is 21.8 Å². The third-order valence-corrected chi connectivity index (χ3v) is 5.13. The van der Waals surface area contributed by atoms with E-state index in [4.69, 9.17) is 23.2 Å². The molecular formula is C17H16BrCl2N5O. The van der Waals surface area contributed by atoms with Crippen LogP contribution >= 0.6 is 39.1 Å². The Balaban J connectivity index is 1.59. The quantitative estimate of drug-likeness (QED) is 0.592. The van der Waals surface area contributed by atoms with Crippen LogP contribution in [0, 0.1) is 6.92 Å². The van der Waals surface area contributed by atoms with Gasteiger partial charge in [0.05, 0.1) is 23.8 Å². The van der Waals surface area contributed by atoms with Gasteiger partial charge in [0.1, 0.15) is 5.02 Å². The minimum absolute atomic E-state index is 0.172. The van der Waals surface area contributed by atoms with E-state index in [1.807, 2.05) is 31.2 Å². The summed E-state index contributed by atoms with van der Waals surface area (Å²) in [5.41, 5.74) is 2.01. The zero-order valence-corrected chi connectivity index (χ0v) is 17.0. The molecule has 6 nitrogen and oxygen atoms in total. The van der Waals surface area contributed by atoms with Crippen LogP contribution in [0.3, 0.4) is 0 Å². The van der Waals surface area contributed by atoms with Crippen molar-refractivity contribution in [2.45, 2.75) is 26.4 Å². The number of benzene rings is 1. The van der Waals surface area contributed by atoms with Gasteiger partial charge in [-0.1, -0.05) is 35.3 Å². The summed E-state index contributed by atoms with van der Waals surface area (Å²) in [6.45, 7) is 2.95. The number of amides is 1. The van der Waals surface area contributed by atoms with Crippen molar-refractivity contribution in [1.29, 1.82) is 0 Å².